The van der Waals surface area contributed by atoms with E-state index in [9.17, 15) is 4.79 Å². The fourth-order valence-electron chi connectivity index (χ4n) is 1.80. The molecule has 3 nitrogen and oxygen atoms in total. The number of benzene rings is 1. The van der Waals surface area contributed by atoms with Gasteiger partial charge in [-0.3, -0.25) is 4.79 Å². The number of rotatable bonds is 4. The summed E-state index contributed by atoms with van der Waals surface area (Å²) in [6.45, 7) is 7.60. The Hall–Kier alpha value is -1.77. The average molecular weight is 261 g/mol. The molecule has 19 heavy (non-hydrogen) atoms. The summed E-state index contributed by atoms with van der Waals surface area (Å²) in [6, 6.07) is 9.75. The maximum Gasteiger partial charge on any atom is 0.230 e. The van der Waals surface area contributed by atoms with Crippen molar-refractivity contribution < 1.29 is 9.53 Å². The first kappa shape index (κ1) is 15.3. The molecule has 1 amide bonds. The topological polar surface area (TPSA) is 29.5 Å². The van der Waals surface area contributed by atoms with Gasteiger partial charge in [0.2, 0.25) is 5.91 Å². The Kier molecular flexibility index (Phi) is 5.16. The molecule has 1 unspecified atom stereocenters. The zero-order valence-electron chi connectivity index (χ0n) is 12.4. The third-order valence-corrected chi connectivity index (χ3v) is 2.74. The molecule has 1 aromatic rings. The van der Waals surface area contributed by atoms with E-state index in [4.69, 9.17) is 4.74 Å². The molecule has 0 N–H and O–H groups in total. The Labute approximate surface area is 115 Å². The summed E-state index contributed by atoms with van der Waals surface area (Å²) in [5, 5.41) is 0. The van der Waals surface area contributed by atoms with Gasteiger partial charge in [-0.25, -0.2) is 0 Å². The number of hydrogen-bond acceptors (Lipinski definition) is 2. The summed E-state index contributed by atoms with van der Waals surface area (Å²) in [5.74, 6) is 0.0471. The standard InChI is InChI=1S/C16H23NO2/c1-6-12-19-14(13-10-8-7-9-11-13)17(5)15(18)16(2,3)4/h6-12,14H,1-5H3/b12-6+. The molecule has 0 aliphatic carbocycles. The van der Waals surface area contributed by atoms with Crippen LogP contribution in [0.1, 0.15) is 39.5 Å². The van der Waals surface area contributed by atoms with Crippen LogP contribution in [0.5, 0.6) is 0 Å². The van der Waals surface area contributed by atoms with Gasteiger partial charge in [0.1, 0.15) is 0 Å². The average Bonchev–Trinajstić information content (AvgIpc) is 2.38. The van der Waals surface area contributed by atoms with Gasteiger partial charge in [-0.1, -0.05) is 57.2 Å². The molecule has 104 valence electrons. The van der Waals surface area contributed by atoms with Crippen LogP contribution in [0.3, 0.4) is 0 Å². The van der Waals surface area contributed by atoms with E-state index in [0.717, 1.165) is 5.56 Å². The lowest BCUT2D eigenvalue weighted by Crippen LogP contribution is -2.39. The molecular weight excluding hydrogens is 238 g/mol. The number of hydrogen-bond donors (Lipinski definition) is 0. The van der Waals surface area contributed by atoms with Gasteiger partial charge in [0.05, 0.1) is 6.26 Å². The molecule has 1 aromatic carbocycles. The van der Waals surface area contributed by atoms with E-state index in [1.54, 1.807) is 18.2 Å². The van der Waals surface area contributed by atoms with Crippen molar-refractivity contribution in [1.29, 1.82) is 0 Å². The number of amides is 1. The van der Waals surface area contributed by atoms with Gasteiger partial charge >= 0.3 is 0 Å². The molecule has 0 aliphatic heterocycles. The Morgan fingerprint density at radius 3 is 2.32 bits per heavy atom. The van der Waals surface area contributed by atoms with Crippen LogP contribution in [0, 0.1) is 5.41 Å². The fourth-order valence-corrected chi connectivity index (χ4v) is 1.80. The minimum absolute atomic E-state index is 0.0471. The normalized spacial score (nSPS) is 13.3. The van der Waals surface area contributed by atoms with Crippen LogP contribution in [-0.4, -0.2) is 17.9 Å². The Balaban J connectivity index is 3.01. The van der Waals surface area contributed by atoms with Crippen LogP contribution in [0.25, 0.3) is 0 Å². The van der Waals surface area contributed by atoms with Gasteiger partial charge in [-0.2, -0.15) is 0 Å². The quantitative estimate of drug-likeness (QED) is 0.610. The smallest absolute Gasteiger partial charge is 0.230 e. The Bertz CT molecular complexity index is 432. The molecule has 0 bridgehead atoms. The van der Waals surface area contributed by atoms with E-state index in [0.29, 0.717) is 0 Å². The van der Waals surface area contributed by atoms with E-state index in [1.807, 2.05) is 64.1 Å². The maximum absolute atomic E-state index is 12.4. The summed E-state index contributed by atoms with van der Waals surface area (Å²) in [6.07, 6.45) is 3.03. The molecule has 0 fully saturated rings. The molecule has 0 heterocycles. The molecule has 1 atom stereocenters. The van der Waals surface area contributed by atoms with Crippen molar-refractivity contribution in [3.8, 4) is 0 Å². The summed E-state index contributed by atoms with van der Waals surface area (Å²) < 4.78 is 5.68. The SMILES string of the molecule is C/C=C/OC(c1ccccc1)N(C)C(=O)C(C)(C)C. The molecule has 0 aromatic heterocycles. The minimum atomic E-state index is -0.429. The second-order valence-corrected chi connectivity index (χ2v) is 5.53. The maximum atomic E-state index is 12.4. The second kappa shape index (κ2) is 6.41. The number of nitrogens with zero attached hydrogens (tertiary/aromatic N) is 1. The molecule has 0 saturated heterocycles. The molecule has 0 spiro atoms. The predicted molar refractivity (Wildman–Crippen MR) is 77.3 cm³/mol. The lowest BCUT2D eigenvalue weighted by Gasteiger charge is -2.32. The molecule has 3 heteroatoms. The summed E-state index contributed by atoms with van der Waals surface area (Å²) in [7, 11) is 1.77. The van der Waals surface area contributed by atoms with Gasteiger partial charge in [0.25, 0.3) is 0 Å². The first-order chi connectivity index (χ1) is 8.88. The Morgan fingerprint density at radius 1 is 1.26 bits per heavy atom. The zero-order valence-corrected chi connectivity index (χ0v) is 12.4. The highest BCUT2D eigenvalue weighted by atomic mass is 16.5. The summed E-state index contributed by atoms with van der Waals surface area (Å²) >= 11 is 0. The van der Waals surface area contributed by atoms with Crippen LogP contribution in [-0.2, 0) is 9.53 Å². The van der Waals surface area contributed by atoms with Crippen molar-refractivity contribution in [2.45, 2.75) is 33.9 Å². The van der Waals surface area contributed by atoms with Crippen LogP contribution >= 0.6 is 0 Å². The van der Waals surface area contributed by atoms with E-state index < -0.39 is 11.6 Å². The monoisotopic (exact) mass is 261 g/mol. The third-order valence-electron chi connectivity index (χ3n) is 2.74. The van der Waals surface area contributed by atoms with Crippen LogP contribution in [0.15, 0.2) is 42.7 Å². The number of allylic oxidation sites excluding steroid dienone is 1. The number of carbonyl (C=O) groups excluding carboxylic acids is 1. The number of ether oxygens (including phenoxy) is 1. The third kappa shape index (κ3) is 4.12. The van der Waals surface area contributed by atoms with Gasteiger partial charge in [-0.15, -0.1) is 0 Å². The van der Waals surface area contributed by atoms with E-state index in [1.165, 1.54) is 0 Å². The first-order valence-corrected chi connectivity index (χ1v) is 6.46. The van der Waals surface area contributed by atoms with E-state index in [2.05, 4.69) is 0 Å². The highest BCUT2D eigenvalue weighted by Gasteiger charge is 2.30. The molecule has 0 saturated carbocycles. The van der Waals surface area contributed by atoms with Gasteiger partial charge < -0.3 is 9.64 Å². The van der Waals surface area contributed by atoms with Crippen LogP contribution in [0.2, 0.25) is 0 Å². The zero-order chi connectivity index (χ0) is 14.5. The van der Waals surface area contributed by atoms with E-state index >= 15 is 0 Å². The largest absolute Gasteiger partial charge is 0.474 e. The second-order valence-electron chi connectivity index (χ2n) is 5.53. The highest BCUT2D eigenvalue weighted by molar-refractivity contribution is 5.81. The van der Waals surface area contributed by atoms with Crippen LogP contribution < -0.4 is 0 Å². The lowest BCUT2D eigenvalue weighted by atomic mass is 9.94. The van der Waals surface area contributed by atoms with Crippen LogP contribution in [0.4, 0.5) is 0 Å². The highest BCUT2D eigenvalue weighted by Crippen LogP contribution is 2.26. The minimum Gasteiger partial charge on any atom is -0.474 e. The Morgan fingerprint density at radius 2 is 1.84 bits per heavy atom. The van der Waals surface area contributed by atoms with Crippen molar-refractivity contribution in [3.05, 3.63) is 48.2 Å². The van der Waals surface area contributed by atoms with Gasteiger partial charge in [0.15, 0.2) is 6.23 Å². The summed E-state index contributed by atoms with van der Waals surface area (Å²) in [5.41, 5.74) is 0.529. The number of carbonyl (C=O) groups is 1. The van der Waals surface area contributed by atoms with E-state index in [-0.39, 0.29) is 5.91 Å². The first-order valence-electron chi connectivity index (χ1n) is 6.46. The molecule has 1 rings (SSSR count). The van der Waals surface area contributed by atoms with Gasteiger partial charge in [0, 0.05) is 18.0 Å². The fraction of sp³-hybridized carbons (Fsp3) is 0.438. The molecule has 0 radical (unpaired) electrons. The van der Waals surface area contributed by atoms with Crippen molar-refractivity contribution >= 4 is 5.91 Å². The molecule has 0 aliphatic rings. The lowest BCUT2D eigenvalue weighted by molar-refractivity contribution is -0.148. The van der Waals surface area contributed by atoms with Crippen molar-refractivity contribution in [3.63, 3.8) is 0 Å². The molecular formula is C16H23NO2. The predicted octanol–water partition coefficient (Wildman–Crippen LogP) is 3.74. The summed E-state index contributed by atoms with van der Waals surface area (Å²) in [4.78, 5) is 14.0. The van der Waals surface area contributed by atoms with Crippen molar-refractivity contribution in [1.82, 2.24) is 4.90 Å². The van der Waals surface area contributed by atoms with Crippen molar-refractivity contribution in [2.24, 2.45) is 5.41 Å². The van der Waals surface area contributed by atoms with Crippen molar-refractivity contribution in [2.75, 3.05) is 7.05 Å². The van der Waals surface area contributed by atoms with Gasteiger partial charge in [-0.05, 0) is 6.92 Å².